The van der Waals surface area contributed by atoms with Gasteiger partial charge in [0, 0.05) is 30.3 Å². The Morgan fingerprint density at radius 1 is 0.939 bits per heavy atom. The fourth-order valence-corrected chi connectivity index (χ4v) is 4.22. The molecule has 8 nitrogen and oxygen atoms in total. The van der Waals surface area contributed by atoms with Crippen molar-refractivity contribution in [3.8, 4) is 0 Å². The van der Waals surface area contributed by atoms with E-state index in [4.69, 9.17) is 5.14 Å². The zero-order chi connectivity index (χ0) is 24.4. The van der Waals surface area contributed by atoms with Crippen LogP contribution >= 0.6 is 0 Å². The molecule has 2 aromatic rings. The van der Waals surface area contributed by atoms with Gasteiger partial charge in [-0.1, -0.05) is 45.0 Å². The first-order valence-corrected chi connectivity index (χ1v) is 12.3. The Balaban J connectivity index is 1.55. The number of Topliss-reactive ketones (excluding diaryl/α,β-unsaturated/α-hetero) is 1. The third-order valence-corrected chi connectivity index (χ3v) is 6.74. The Labute approximate surface area is 194 Å². The minimum absolute atomic E-state index is 0.0370. The van der Waals surface area contributed by atoms with Gasteiger partial charge in [-0.3, -0.25) is 14.4 Å². The number of primary sulfonamides is 1. The van der Waals surface area contributed by atoms with E-state index in [0.29, 0.717) is 37.2 Å². The monoisotopic (exact) mass is 471 g/mol. The fraction of sp³-hybridized carbons (Fsp3) is 0.375. The number of piperidine rings is 1. The predicted octanol–water partition coefficient (Wildman–Crippen LogP) is 2.69. The largest absolute Gasteiger partial charge is 0.336 e. The number of hydrogen-bond acceptors (Lipinski definition) is 5. The minimum atomic E-state index is -3.80. The molecule has 33 heavy (non-hydrogen) atoms. The summed E-state index contributed by atoms with van der Waals surface area (Å²) in [5.74, 6) is -1.63. The molecule has 1 aliphatic rings. The third-order valence-electron chi connectivity index (χ3n) is 5.81. The van der Waals surface area contributed by atoms with Crippen LogP contribution in [-0.2, 0) is 25.0 Å². The third kappa shape index (κ3) is 6.06. The molecule has 1 fully saturated rings. The lowest BCUT2D eigenvalue weighted by molar-refractivity contribution is -0.130. The lowest BCUT2D eigenvalue weighted by atomic mass is 9.86. The Morgan fingerprint density at radius 2 is 1.48 bits per heavy atom. The van der Waals surface area contributed by atoms with Crippen LogP contribution in [0.25, 0.3) is 0 Å². The van der Waals surface area contributed by atoms with Crippen LogP contribution in [-0.4, -0.2) is 44.0 Å². The predicted molar refractivity (Wildman–Crippen MR) is 125 cm³/mol. The first-order chi connectivity index (χ1) is 15.4. The molecule has 2 aromatic carbocycles. The second-order valence-corrected chi connectivity index (χ2v) is 10.8. The van der Waals surface area contributed by atoms with Gasteiger partial charge in [0.05, 0.1) is 4.90 Å². The molecule has 0 saturated carbocycles. The molecular weight excluding hydrogens is 442 g/mol. The van der Waals surface area contributed by atoms with Crippen molar-refractivity contribution in [2.45, 2.75) is 43.9 Å². The molecule has 3 N–H and O–H groups in total. The fourth-order valence-electron chi connectivity index (χ4n) is 3.71. The molecule has 1 aliphatic heterocycles. The van der Waals surface area contributed by atoms with Crippen molar-refractivity contribution >= 4 is 33.3 Å². The average molecular weight is 472 g/mol. The molecule has 3 rings (SSSR count). The Bertz CT molecular complexity index is 1140. The molecule has 0 bridgehead atoms. The number of sulfonamides is 1. The van der Waals surface area contributed by atoms with Gasteiger partial charge in [0.25, 0.3) is 5.91 Å². The van der Waals surface area contributed by atoms with E-state index >= 15 is 0 Å². The number of ketones is 1. The molecule has 0 atom stereocenters. The van der Waals surface area contributed by atoms with Gasteiger partial charge in [-0.15, -0.1) is 0 Å². The van der Waals surface area contributed by atoms with Crippen LogP contribution in [0.15, 0.2) is 53.4 Å². The van der Waals surface area contributed by atoms with E-state index in [1.807, 2.05) is 12.1 Å². The highest BCUT2D eigenvalue weighted by atomic mass is 32.2. The lowest BCUT2D eigenvalue weighted by Crippen LogP contribution is -2.44. The van der Waals surface area contributed by atoms with Crippen LogP contribution in [0.4, 0.5) is 5.69 Å². The molecule has 2 amide bonds. The smallest absolute Gasteiger partial charge is 0.294 e. The number of hydrogen-bond donors (Lipinski definition) is 2. The molecule has 0 unspecified atom stereocenters. The second kappa shape index (κ2) is 9.44. The van der Waals surface area contributed by atoms with E-state index in [1.54, 1.807) is 12.1 Å². The summed E-state index contributed by atoms with van der Waals surface area (Å²) in [4.78, 5) is 39.3. The van der Waals surface area contributed by atoms with E-state index in [-0.39, 0.29) is 22.1 Å². The number of nitrogens with zero attached hydrogens (tertiary/aromatic N) is 1. The van der Waals surface area contributed by atoms with Gasteiger partial charge in [0.15, 0.2) is 0 Å². The number of rotatable bonds is 5. The van der Waals surface area contributed by atoms with Crippen LogP contribution in [0.1, 0.15) is 49.5 Å². The highest BCUT2D eigenvalue weighted by Crippen LogP contribution is 2.24. The summed E-state index contributed by atoms with van der Waals surface area (Å²) in [7, 11) is -3.80. The van der Waals surface area contributed by atoms with E-state index < -0.39 is 21.7 Å². The SMILES string of the molecule is CC(C)(C)c1ccc(C(=O)C(=O)N2CCC(C(=O)Nc3ccc(S(N)(=O)=O)cc3)CC2)cc1. The van der Waals surface area contributed by atoms with Crippen molar-refractivity contribution < 1.29 is 22.8 Å². The summed E-state index contributed by atoms with van der Waals surface area (Å²) in [6.45, 7) is 6.86. The van der Waals surface area contributed by atoms with Crippen molar-refractivity contribution in [3.05, 3.63) is 59.7 Å². The molecule has 0 aromatic heterocycles. The molecule has 176 valence electrons. The van der Waals surface area contributed by atoms with Crippen molar-refractivity contribution in [2.24, 2.45) is 11.1 Å². The maximum Gasteiger partial charge on any atom is 0.294 e. The highest BCUT2D eigenvalue weighted by Gasteiger charge is 2.30. The van der Waals surface area contributed by atoms with Gasteiger partial charge in [0.1, 0.15) is 0 Å². The Hall–Kier alpha value is -3.04. The van der Waals surface area contributed by atoms with Crippen LogP contribution in [0, 0.1) is 5.92 Å². The van der Waals surface area contributed by atoms with Crippen LogP contribution in [0.2, 0.25) is 0 Å². The molecular formula is C24H29N3O5S. The van der Waals surface area contributed by atoms with Crippen LogP contribution < -0.4 is 10.5 Å². The molecule has 1 saturated heterocycles. The Kier molecular flexibility index (Phi) is 7.04. The van der Waals surface area contributed by atoms with E-state index in [1.165, 1.54) is 29.2 Å². The number of likely N-dealkylation sites (tertiary alicyclic amines) is 1. The van der Waals surface area contributed by atoms with Crippen molar-refractivity contribution in [1.82, 2.24) is 4.90 Å². The summed E-state index contributed by atoms with van der Waals surface area (Å²) >= 11 is 0. The summed E-state index contributed by atoms with van der Waals surface area (Å²) in [6.07, 6.45) is 0.867. The maximum absolute atomic E-state index is 12.7. The van der Waals surface area contributed by atoms with Gasteiger partial charge in [-0.2, -0.15) is 0 Å². The van der Waals surface area contributed by atoms with Gasteiger partial charge in [-0.05, 0) is 48.1 Å². The van der Waals surface area contributed by atoms with Crippen LogP contribution in [0.3, 0.4) is 0 Å². The van der Waals surface area contributed by atoms with Gasteiger partial charge < -0.3 is 10.2 Å². The number of anilines is 1. The summed E-state index contributed by atoms with van der Waals surface area (Å²) < 4.78 is 22.7. The number of carbonyl (C=O) groups excluding carboxylic acids is 3. The number of nitrogens with one attached hydrogen (secondary N) is 1. The summed E-state index contributed by atoms with van der Waals surface area (Å²) in [6, 6.07) is 12.7. The standard InChI is InChI=1S/C24H29N3O5S/c1-24(2,3)18-6-4-16(5-7-18)21(28)23(30)27-14-12-17(13-15-27)22(29)26-19-8-10-20(11-9-19)33(25,31)32/h4-11,17H,12-15H2,1-3H3,(H,26,29)(H2,25,31,32). The number of nitrogens with two attached hydrogens (primary N) is 1. The summed E-state index contributed by atoms with van der Waals surface area (Å²) in [5, 5.41) is 7.83. The normalized spacial score (nSPS) is 15.2. The molecule has 0 aliphatic carbocycles. The number of benzene rings is 2. The van der Waals surface area contributed by atoms with Gasteiger partial charge in [0.2, 0.25) is 21.7 Å². The van der Waals surface area contributed by atoms with Crippen LogP contribution in [0.5, 0.6) is 0 Å². The maximum atomic E-state index is 12.7. The van der Waals surface area contributed by atoms with Crippen molar-refractivity contribution in [1.29, 1.82) is 0 Å². The summed E-state index contributed by atoms with van der Waals surface area (Å²) in [5.41, 5.74) is 1.85. The Morgan fingerprint density at radius 3 is 1.97 bits per heavy atom. The zero-order valence-corrected chi connectivity index (χ0v) is 19.8. The number of amides is 2. The average Bonchev–Trinajstić information content (AvgIpc) is 2.77. The van der Waals surface area contributed by atoms with Gasteiger partial charge in [-0.25, -0.2) is 13.6 Å². The molecule has 0 spiro atoms. The topological polar surface area (TPSA) is 127 Å². The minimum Gasteiger partial charge on any atom is -0.336 e. The molecule has 9 heteroatoms. The first kappa shape index (κ1) is 24.6. The number of carbonyl (C=O) groups is 3. The second-order valence-electron chi connectivity index (χ2n) is 9.28. The molecule has 1 heterocycles. The first-order valence-electron chi connectivity index (χ1n) is 10.7. The van der Waals surface area contributed by atoms with Gasteiger partial charge >= 0.3 is 0 Å². The van der Waals surface area contributed by atoms with Crippen molar-refractivity contribution in [2.75, 3.05) is 18.4 Å². The molecule has 0 radical (unpaired) electrons. The van der Waals surface area contributed by atoms with E-state index in [0.717, 1.165) is 5.56 Å². The van der Waals surface area contributed by atoms with Crippen molar-refractivity contribution in [3.63, 3.8) is 0 Å². The van der Waals surface area contributed by atoms with E-state index in [2.05, 4.69) is 26.1 Å². The highest BCUT2D eigenvalue weighted by molar-refractivity contribution is 7.89. The van der Waals surface area contributed by atoms with E-state index in [9.17, 15) is 22.8 Å². The zero-order valence-electron chi connectivity index (χ0n) is 19.0. The lowest BCUT2D eigenvalue weighted by Gasteiger charge is -2.31. The quantitative estimate of drug-likeness (QED) is 0.512.